The largest absolute Gasteiger partial charge is 0.143 e. The molecule has 0 radical (unpaired) electrons. The maximum absolute atomic E-state index is 3.33. The fourth-order valence-electron chi connectivity index (χ4n) is 1.63. The van der Waals surface area contributed by atoms with E-state index in [0.29, 0.717) is 4.58 Å². The van der Waals surface area contributed by atoms with Gasteiger partial charge in [-0.2, -0.15) is 0 Å². The van der Waals surface area contributed by atoms with Crippen molar-refractivity contribution in [1.29, 1.82) is 0 Å². The van der Waals surface area contributed by atoms with Crippen LogP contribution in [0.3, 0.4) is 0 Å². The summed E-state index contributed by atoms with van der Waals surface area (Å²) >= 11 is 4.01. The SMILES string of the molecule is CCCC#Cc1ccccc1C(SCC)SCC. The topological polar surface area (TPSA) is 0 Å². The molecule has 98 valence electrons. The Bertz CT molecular complexity index is 395. The predicted octanol–water partition coefficient (Wildman–Crippen LogP) is 5.34. The van der Waals surface area contributed by atoms with Gasteiger partial charge in [0.15, 0.2) is 0 Å². The summed E-state index contributed by atoms with van der Waals surface area (Å²) in [5, 5.41) is 0. The van der Waals surface area contributed by atoms with Crippen LogP contribution in [0.15, 0.2) is 24.3 Å². The van der Waals surface area contributed by atoms with Crippen molar-refractivity contribution in [2.24, 2.45) is 0 Å². The van der Waals surface area contributed by atoms with Gasteiger partial charge in [-0.1, -0.05) is 50.8 Å². The molecule has 0 aliphatic carbocycles. The Hall–Kier alpha value is -0.520. The summed E-state index contributed by atoms with van der Waals surface area (Å²) in [5.74, 6) is 8.89. The van der Waals surface area contributed by atoms with Crippen LogP contribution in [0, 0.1) is 11.8 Å². The summed E-state index contributed by atoms with van der Waals surface area (Å²) in [6.45, 7) is 6.61. The van der Waals surface area contributed by atoms with Gasteiger partial charge < -0.3 is 0 Å². The van der Waals surface area contributed by atoms with E-state index in [0.717, 1.165) is 24.3 Å². The number of benzene rings is 1. The van der Waals surface area contributed by atoms with E-state index >= 15 is 0 Å². The second-order valence-corrected chi connectivity index (χ2v) is 6.94. The zero-order valence-corrected chi connectivity index (χ0v) is 13.2. The fraction of sp³-hybridized carbons (Fsp3) is 0.500. The van der Waals surface area contributed by atoms with Gasteiger partial charge in [-0.15, -0.1) is 23.5 Å². The first-order valence-corrected chi connectivity index (χ1v) is 8.74. The molecule has 0 aromatic heterocycles. The number of hydrogen-bond donors (Lipinski definition) is 0. The fourth-order valence-corrected chi connectivity index (χ4v) is 4.21. The highest BCUT2D eigenvalue weighted by atomic mass is 32.2. The van der Waals surface area contributed by atoms with Crippen molar-refractivity contribution in [2.45, 2.75) is 38.2 Å². The van der Waals surface area contributed by atoms with Crippen molar-refractivity contribution < 1.29 is 0 Å². The van der Waals surface area contributed by atoms with Crippen LogP contribution in [0.4, 0.5) is 0 Å². The molecule has 0 atom stereocenters. The third-order valence-corrected chi connectivity index (χ3v) is 5.05. The van der Waals surface area contributed by atoms with Crippen molar-refractivity contribution in [3.63, 3.8) is 0 Å². The van der Waals surface area contributed by atoms with Gasteiger partial charge in [0.1, 0.15) is 0 Å². The van der Waals surface area contributed by atoms with Crippen LogP contribution in [0.2, 0.25) is 0 Å². The molecule has 0 N–H and O–H groups in total. The summed E-state index contributed by atoms with van der Waals surface area (Å²) < 4.78 is 0.520. The lowest BCUT2D eigenvalue weighted by Gasteiger charge is -2.16. The van der Waals surface area contributed by atoms with E-state index in [9.17, 15) is 0 Å². The van der Waals surface area contributed by atoms with E-state index in [4.69, 9.17) is 0 Å². The van der Waals surface area contributed by atoms with E-state index in [1.165, 1.54) is 11.1 Å². The van der Waals surface area contributed by atoms with Gasteiger partial charge >= 0.3 is 0 Å². The minimum absolute atomic E-state index is 0.520. The first kappa shape index (κ1) is 15.5. The molecule has 1 rings (SSSR count). The van der Waals surface area contributed by atoms with E-state index in [1.54, 1.807) is 0 Å². The Balaban J connectivity index is 2.95. The predicted molar refractivity (Wildman–Crippen MR) is 87.2 cm³/mol. The Morgan fingerprint density at radius 3 is 2.33 bits per heavy atom. The molecule has 1 aromatic carbocycles. The lowest BCUT2D eigenvalue weighted by Crippen LogP contribution is -1.95. The molecule has 0 saturated heterocycles. The molecule has 1 aromatic rings. The smallest absolute Gasteiger partial charge is 0.0763 e. The van der Waals surface area contributed by atoms with Crippen LogP contribution in [0.25, 0.3) is 0 Å². The molecule has 0 aliphatic rings. The molecule has 0 heterocycles. The Morgan fingerprint density at radius 1 is 1.06 bits per heavy atom. The normalized spacial score (nSPS) is 10.2. The molecule has 0 saturated carbocycles. The second-order valence-electron chi connectivity index (χ2n) is 3.88. The highest BCUT2D eigenvalue weighted by Gasteiger charge is 2.13. The van der Waals surface area contributed by atoms with Crippen LogP contribution in [0.5, 0.6) is 0 Å². The summed E-state index contributed by atoms with van der Waals surface area (Å²) in [6, 6.07) is 8.59. The zero-order valence-electron chi connectivity index (χ0n) is 11.5. The number of thioether (sulfide) groups is 2. The summed E-state index contributed by atoms with van der Waals surface area (Å²) in [6.07, 6.45) is 2.12. The maximum atomic E-state index is 3.33. The minimum atomic E-state index is 0.520. The van der Waals surface area contributed by atoms with Crippen LogP contribution >= 0.6 is 23.5 Å². The van der Waals surface area contributed by atoms with Gasteiger partial charge in [0.25, 0.3) is 0 Å². The molecular weight excluding hydrogens is 256 g/mol. The van der Waals surface area contributed by atoms with Gasteiger partial charge in [0, 0.05) is 12.0 Å². The van der Waals surface area contributed by atoms with Crippen molar-refractivity contribution in [3.05, 3.63) is 35.4 Å². The Morgan fingerprint density at radius 2 is 1.72 bits per heavy atom. The minimum Gasteiger partial charge on any atom is -0.143 e. The van der Waals surface area contributed by atoms with Gasteiger partial charge in [-0.05, 0) is 29.6 Å². The molecule has 0 spiro atoms. The number of hydrogen-bond acceptors (Lipinski definition) is 2. The van der Waals surface area contributed by atoms with Gasteiger partial charge in [0.05, 0.1) is 4.58 Å². The lowest BCUT2D eigenvalue weighted by molar-refractivity contribution is 0.983. The van der Waals surface area contributed by atoms with Gasteiger partial charge in [-0.25, -0.2) is 0 Å². The summed E-state index contributed by atoms with van der Waals surface area (Å²) in [4.78, 5) is 0. The average Bonchev–Trinajstić information content (AvgIpc) is 2.39. The van der Waals surface area contributed by atoms with E-state index in [-0.39, 0.29) is 0 Å². The highest BCUT2D eigenvalue weighted by Crippen LogP contribution is 2.40. The Labute approximate surface area is 120 Å². The van der Waals surface area contributed by atoms with Crippen LogP contribution in [0.1, 0.15) is 49.3 Å². The van der Waals surface area contributed by atoms with E-state index in [1.807, 2.05) is 23.5 Å². The van der Waals surface area contributed by atoms with E-state index < -0.39 is 0 Å². The first-order chi connectivity index (χ1) is 8.83. The average molecular weight is 278 g/mol. The number of unbranched alkanes of at least 4 members (excludes halogenated alkanes) is 1. The molecule has 0 unspecified atom stereocenters. The summed E-state index contributed by atoms with van der Waals surface area (Å²) in [5.41, 5.74) is 2.60. The van der Waals surface area contributed by atoms with Crippen molar-refractivity contribution in [2.75, 3.05) is 11.5 Å². The third-order valence-electron chi connectivity index (χ3n) is 2.45. The molecule has 0 aliphatic heterocycles. The lowest BCUT2D eigenvalue weighted by atomic mass is 10.1. The van der Waals surface area contributed by atoms with Crippen LogP contribution in [-0.4, -0.2) is 11.5 Å². The summed E-state index contributed by atoms with van der Waals surface area (Å²) in [7, 11) is 0. The standard InChI is InChI=1S/C16H22S2/c1-4-7-8-11-14-12-9-10-13-15(14)16(17-5-2)18-6-3/h9-10,12-13,16H,4-7H2,1-3H3. The van der Waals surface area contributed by atoms with E-state index in [2.05, 4.69) is 56.9 Å². The molecular formula is C16H22S2. The molecule has 0 nitrogen and oxygen atoms in total. The van der Waals surface area contributed by atoms with Crippen molar-refractivity contribution in [3.8, 4) is 11.8 Å². The third kappa shape index (κ3) is 5.00. The number of rotatable bonds is 6. The molecule has 0 bridgehead atoms. The zero-order chi connectivity index (χ0) is 13.2. The van der Waals surface area contributed by atoms with Gasteiger partial charge in [0.2, 0.25) is 0 Å². The van der Waals surface area contributed by atoms with Crippen molar-refractivity contribution in [1.82, 2.24) is 0 Å². The Kier molecular flexibility index (Phi) is 8.13. The highest BCUT2D eigenvalue weighted by molar-refractivity contribution is 8.16. The van der Waals surface area contributed by atoms with Crippen molar-refractivity contribution >= 4 is 23.5 Å². The molecule has 2 heteroatoms. The van der Waals surface area contributed by atoms with Crippen LogP contribution < -0.4 is 0 Å². The molecule has 0 amide bonds. The first-order valence-electron chi connectivity index (χ1n) is 6.64. The molecule has 18 heavy (non-hydrogen) atoms. The second kappa shape index (κ2) is 9.42. The molecule has 0 fully saturated rings. The maximum Gasteiger partial charge on any atom is 0.0763 e. The van der Waals surface area contributed by atoms with Gasteiger partial charge in [-0.3, -0.25) is 0 Å². The van der Waals surface area contributed by atoms with Crippen LogP contribution in [-0.2, 0) is 0 Å². The monoisotopic (exact) mass is 278 g/mol. The quantitative estimate of drug-likeness (QED) is 0.508.